The zero-order chi connectivity index (χ0) is 16.1. The number of benzene rings is 2. The predicted octanol–water partition coefficient (Wildman–Crippen LogP) is 3.39. The summed E-state index contributed by atoms with van der Waals surface area (Å²) in [4.78, 5) is 27.7. The molecule has 116 valence electrons. The number of nitrogens with one attached hydrogen (secondary N) is 1. The molecule has 4 heteroatoms. The molecule has 2 unspecified atom stereocenters. The van der Waals surface area contributed by atoms with Crippen LogP contribution >= 0.6 is 0 Å². The van der Waals surface area contributed by atoms with Crippen molar-refractivity contribution in [1.29, 1.82) is 0 Å². The first-order chi connectivity index (χ1) is 11.1. The second-order valence-corrected chi connectivity index (χ2v) is 6.41. The Hall–Kier alpha value is -2.62. The van der Waals surface area contributed by atoms with E-state index in [0.717, 1.165) is 6.42 Å². The zero-order valence-corrected chi connectivity index (χ0v) is 13.2. The second-order valence-electron chi connectivity index (χ2n) is 6.41. The van der Waals surface area contributed by atoms with Gasteiger partial charge in [-0.15, -0.1) is 0 Å². The number of nitrogens with zero attached hydrogens (tertiary/aromatic N) is 1. The van der Waals surface area contributed by atoms with Crippen LogP contribution in [0.1, 0.15) is 33.8 Å². The molecule has 1 aliphatic carbocycles. The van der Waals surface area contributed by atoms with Crippen molar-refractivity contribution >= 4 is 16.9 Å². The number of rotatable bonds is 2. The molecule has 1 saturated carbocycles. The third-order valence-corrected chi connectivity index (χ3v) is 4.88. The van der Waals surface area contributed by atoms with Crippen LogP contribution in [0.4, 0.5) is 0 Å². The lowest BCUT2D eigenvalue weighted by molar-refractivity contribution is 0.0884. The van der Waals surface area contributed by atoms with Gasteiger partial charge in [-0.2, -0.15) is 0 Å². The van der Waals surface area contributed by atoms with Crippen LogP contribution in [0.2, 0.25) is 0 Å². The highest BCUT2D eigenvalue weighted by Gasteiger charge is 2.45. The number of carbonyl (C=O) groups excluding carboxylic acids is 1. The third kappa shape index (κ3) is 2.22. The molecule has 2 aromatic carbocycles. The fourth-order valence-corrected chi connectivity index (χ4v) is 3.27. The number of aromatic amines is 1. The van der Waals surface area contributed by atoms with Crippen LogP contribution in [-0.2, 0) is 0 Å². The van der Waals surface area contributed by atoms with Gasteiger partial charge in [0.15, 0.2) is 0 Å². The van der Waals surface area contributed by atoms with Gasteiger partial charge in [-0.25, -0.2) is 9.36 Å². The lowest BCUT2D eigenvalue weighted by Crippen LogP contribution is -2.25. The third-order valence-electron chi connectivity index (χ3n) is 4.88. The van der Waals surface area contributed by atoms with Gasteiger partial charge in [-0.3, -0.25) is 4.79 Å². The zero-order valence-electron chi connectivity index (χ0n) is 13.2. The largest absolute Gasteiger partial charge is 0.333 e. The smallest absolute Gasteiger partial charge is 0.305 e. The van der Waals surface area contributed by atoms with Gasteiger partial charge in [0.1, 0.15) is 0 Å². The quantitative estimate of drug-likeness (QED) is 0.789. The number of aryl methyl sites for hydroxylation is 2. The predicted molar refractivity (Wildman–Crippen MR) is 89.9 cm³/mol. The molecule has 1 aliphatic rings. The summed E-state index contributed by atoms with van der Waals surface area (Å²) in [5.41, 5.74) is 4.71. The summed E-state index contributed by atoms with van der Waals surface area (Å²) in [5, 5.41) is 0. The number of H-pyrrole nitrogens is 1. The molecule has 1 aromatic heterocycles. The van der Waals surface area contributed by atoms with Gasteiger partial charge in [0.05, 0.1) is 11.0 Å². The highest BCUT2D eigenvalue weighted by atomic mass is 16.2. The molecule has 1 heterocycles. The van der Waals surface area contributed by atoms with Crippen LogP contribution in [0.15, 0.2) is 47.3 Å². The molecule has 1 fully saturated rings. The Morgan fingerprint density at radius 1 is 1.13 bits per heavy atom. The first-order valence-corrected chi connectivity index (χ1v) is 7.87. The Bertz CT molecular complexity index is 980. The Kier molecular flexibility index (Phi) is 3.01. The first-order valence-electron chi connectivity index (χ1n) is 7.87. The molecular formula is C19H18N2O2. The molecule has 23 heavy (non-hydrogen) atoms. The highest BCUT2D eigenvalue weighted by molar-refractivity contribution is 5.93. The molecule has 1 N–H and O–H groups in total. The van der Waals surface area contributed by atoms with Gasteiger partial charge in [0.2, 0.25) is 5.91 Å². The van der Waals surface area contributed by atoms with E-state index >= 15 is 0 Å². The van der Waals surface area contributed by atoms with E-state index in [2.05, 4.69) is 37.0 Å². The van der Waals surface area contributed by atoms with Crippen molar-refractivity contribution < 1.29 is 4.79 Å². The van der Waals surface area contributed by atoms with E-state index < -0.39 is 0 Å². The van der Waals surface area contributed by atoms with Crippen LogP contribution in [0.3, 0.4) is 0 Å². The van der Waals surface area contributed by atoms with Gasteiger partial charge in [-0.05, 0) is 55.0 Å². The SMILES string of the molecule is Cc1ccc(C2CC2C(=O)n2c(=O)[nH]c3ccccc32)cc1C. The average Bonchev–Trinajstić information content (AvgIpc) is 3.25. The van der Waals surface area contributed by atoms with Gasteiger partial charge >= 0.3 is 5.69 Å². The summed E-state index contributed by atoms with van der Waals surface area (Å²) in [6.45, 7) is 4.17. The van der Waals surface area contributed by atoms with Crippen molar-refractivity contribution in [2.75, 3.05) is 0 Å². The number of hydrogen-bond donors (Lipinski definition) is 1. The maximum atomic E-state index is 12.8. The molecule has 4 rings (SSSR count). The molecule has 0 saturated heterocycles. The average molecular weight is 306 g/mol. The van der Waals surface area contributed by atoms with Crippen LogP contribution in [0, 0.1) is 19.8 Å². The van der Waals surface area contributed by atoms with E-state index in [-0.39, 0.29) is 23.4 Å². The van der Waals surface area contributed by atoms with Crippen molar-refractivity contribution in [2.24, 2.45) is 5.92 Å². The van der Waals surface area contributed by atoms with E-state index in [1.54, 1.807) is 6.07 Å². The van der Waals surface area contributed by atoms with E-state index in [4.69, 9.17) is 0 Å². The monoisotopic (exact) mass is 306 g/mol. The Labute approximate surface area is 133 Å². The fraction of sp³-hybridized carbons (Fsp3) is 0.263. The van der Waals surface area contributed by atoms with E-state index in [0.29, 0.717) is 11.0 Å². The summed E-state index contributed by atoms with van der Waals surface area (Å²) in [7, 11) is 0. The van der Waals surface area contributed by atoms with Crippen molar-refractivity contribution in [3.05, 3.63) is 69.6 Å². The summed E-state index contributed by atoms with van der Waals surface area (Å²) >= 11 is 0. The number of para-hydroxylation sites is 2. The van der Waals surface area contributed by atoms with Crippen LogP contribution < -0.4 is 5.69 Å². The van der Waals surface area contributed by atoms with Crippen molar-refractivity contribution in [3.8, 4) is 0 Å². The number of hydrogen-bond acceptors (Lipinski definition) is 2. The van der Waals surface area contributed by atoms with Gasteiger partial charge < -0.3 is 4.98 Å². The molecule has 0 spiro atoms. The van der Waals surface area contributed by atoms with Crippen LogP contribution in [0.5, 0.6) is 0 Å². The van der Waals surface area contributed by atoms with Gasteiger partial charge in [0, 0.05) is 5.92 Å². The van der Waals surface area contributed by atoms with Crippen LogP contribution in [0.25, 0.3) is 11.0 Å². The molecule has 0 aliphatic heterocycles. The molecule has 3 aromatic rings. The summed E-state index contributed by atoms with van der Waals surface area (Å²) in [6, 6.07) is 13.7. The van der Waals surface area contributed by atoms with Crippen molar-refractivity contribution in [2.45, 2.75) is 26.2 Å². The molecule has 0 amide bonds. The number of carbonyl (C=O) groups is 1. The van der Waals surface area contributed by atoms with E-state index in [9.17, 15) is 9.59 Å². The molecule has 0 radical (unpaired) electrons. The number of fused-ring (bicyclic) bond motifs is 1. The minimum atomic E-state index is -0.345. The molecule has 0 bridgehead atoms. The molecule has 4 nitrogen and oxygen atoms in total. The van der Waals surface area contributed by atoms with Crippen molar-refractivity contribution in [1.82, 2.24) is 9.55 Å². The maximum absolute atomic E-state index is 12.8. The molecular weight excluding hydrogens is 288 g/mol. The normalized spacial score (nSPS) is 19.9. The van der Waals surface area contributed by atoms with Gasteiger partial charge in [-0.1, -0.05) is 30.3 Å². The Balaban J connectivity index is 1.67. The standard InChI is InChI=1S/C19H18N2O2/c1-11-7-8-13(9-12(11)2)14-10-15(14)18(22)21-17-6-4-3-5-16(17)20-19(21)23/h3-9,14-15H,10H2,1-2H3,(H,20,23). The van der Waals surface area contributed by atoms with Gasteiger partial charge in [0.25, 0.3) is 0 Å². The molecule has 2 atom stereocenters. The Morgan fingerprint density at radius 3 is 2.70 bits per heavy atom. The topological polar surface area (TPSA) is 54.9 Å². The maximum Gasteiger partial charge on any atom is 0.333 e. The first kappa shape index (κ1) is 14.0. The minimum Gasteiger partial charge on any atom is -0.305 e. The highest BCUT2D eigenvalue weighted by Crippen LogP contribution is 2.48. The lowest BCUT2D eigenvalue weighted by Gasteiger charge is -2.05. The Morgan fingerprint density at radius 2 is 1.91 bits per heavy atom. The second kappa shape index (κ2) is 4.95. The minimum absolute atomic E-state index is 0.101. The number of imidazole rings is 1. The fourth-order valence-electron chi connectivity index (χ4n) is 3.27. The summed E-state index contributed by atoms with van der Waals surface area (Å²) in [6.07, 6.45) is 0.813. The summed E-state index contributed by atoms with van der Waals surface area (Å²) in [5.74, 6) is 0.0204. The van der Waals surface area contributed by atoms with Crippen LogP contribution in [-0.4, -0.2) is 15.5 Å². The van der Waals surface area contributed by atoms with E-state index in [1.165, 1.54) is 21.3 Å². The van der Waals surface area contributed by atoms with Crippen molar-refractivity contribution in [3.63, 3.8) is 0 Å². The summed E-state index contributed by atoms with van der Waals surface area (Å²) < 4.78 is 1.29. The number of aromatic nitrogens is 2. The lowest BCUT2D eigenvalue weighted by atomic mass is 10.0. The van der Waals surface area contributed by atoms with E-state index in [1.807, 2.05) is 18.2 Å².